The summed E-state index contributed by atoms with van der Waals surface area (Å²) in [4.78, 5) is 0. The van der Waals surface area contributed by atoms with Gasteiger partial charge in [-0.15, -0.1) is 0 Å². The Kier molecular flexibility index (Phi) is 5.75. The van der Waals surface area contributed by atoms with Gasteiger partial charge in [-0.25, -0.2) is 0 Å². The molecular formula is C3H7OSi2. The Labute approximate surface area is 44.6 Å². The first kappa shape index (κ1) is 6.39. The molecule has 0 rings (SSSR count). The molecule has 0 bridgehead atoms. The van der Waals surface area contributed by atoms with Gasteiger partial charge in [0, 0.05) is 0 Å². The minimum atomic E-state index is 0.628. The van der Waals surface area contributed by atoms with Crippen molar-refractivity contribution in [3.63, 3.8) is 0 Å². The first-order chi connectivity index (χ1) is 2.91. The van der Waals surface area contributed by atoms with E-state index in [1.54, 1.807) is 0 Å². The average Bonchev–Trinajstić information content (AvgIpc) is 1.61. The van der Waals surface area contributed by atoms with E-state index in [0.717, 1.165) is 0 Å². The highest BCUT2D eigenvalue weighted by atomic mass is 28.3. The molecule has 0 aliphatic carbocycles. The van der Waals surface area contributed by atoms with Crippen LogP contribution in [0.1, 0.15) is 13.3 Å². The first-order valence-electron chi connectivity index (χ1n) is 1.97. The molecule has 0 saturated carbocycles. The molecule has 0 aliphatic heterocycles. The van der Waals surface area contributed by atoms with Crippen molar-refractivity contribution in [1.82, 2.24) is 0 Å². The van der Waals surface area contributed by atoms with Crippen LogP contribution in [0.3, 0.4) is 0 Å². The fourth-order valence-electron chi connectivity index (χ4n) is 0.153. The van der Waals surface area contributed by atoms with Crippen molar-refractivity contribution < 1.29 is 4.12 Å². The van der Waals surface area contributed by atoms with Crippen molar-refractivity contribution in [3.8, 4) is 0 Å². The predicted octanol–water partition coefficient (Wildman–Crippen LogP) is 0.534. The van der Waals surface area contributed by atoms with Gasteiger partial charge < -0.3 is 4.12 Å². The van der Waals surface area contributed by atoms with Gasteiger partial charge in [-0.3, -0.25) is 0 Å². The summed E-state index contributed by atoms with van der Waals surface area (Å²) >= 11 is 0. The number of rotatable bonds is 3. The zero-order valence-electron chi connectivity index (χ0n) is 3.82. The highest BCUT2D eigenvalue weighted by Gasteiger charge is 1.79. The second-order valence-corrected chi connectivity index (χ2v) is 2.60. The Bertz CT molecular complexity index is 20.8. The molecule has 0 amide bonds. The lowest BCUT2D eigenvalue weighted by Gasteiger charge is -1.86. The maximum absolute atomic E-state index is 4.62. The predicted molar refractivity (Wildman–Crippen MR) is 27.7 cm³/mol. The summed E-state index contributed by atoms with van der Waals surface area (Å²) in [5.74, 6) is 0. The van der Waals surface area contributed by atoms with Crippen LogP contribution in [0.4, 0.5) is 0 Å². The van der Waals surface area contributed by atoms with Crippen LogP contribution in [-0.4, -0.2) is 20.2 Å². The van der Waals surface area contributed by atoms with Crippen LogP contribution in [0.2, 0.25) is 6.04 Å². The van der Waals surface area contributed by atoms with Crippen LogP contribution in [0.15, 0.2) is 0 Å². The van der Waals surface area contributed by atoms with Gasteiger partial charge in [-0.2, -0.15) is 0 Å². The van der Waals surface area contributed by atoms with E-state index in [2.05, 4.69) is 21.5 Å². The smallest absolute Gasteiger partial charge is 0.229 e. The first-order valence-corrected chi connectivity index (χ1v) is 3.49. The van der Waals surface area contributed by atoms with E-state index < -0.39 is 0 Å². The number of hydrogen-bond donors (Lipinski definition) is 0. The molecule has 0 aromatic carbocycles. The SMILES string of the molecule is CCC[Si]O[Si]. The van der Waals surface area contributed by atoms with Crippen molar-refractivity contribution in [2.75, 3.05) is 0 Å². The molecule has 0 aliphatic rings. The lowest BCUT2D eigenvalue weighted by Crippen LogP contribution is -1.90. The maximum Gasteiger partial charge on any atom is 0.229 e. The van der Waals surface area contributed by atoms with Crippen LogP contribution in [0.25, 0.3) is 0 Å². The highest BCUT2D eigenvalue weighted by Crippen LogP contribution is 1.82. The molecule has 5 radical (unpaired) electrons. The molecule has 0 atom stereocenters. The molecule has 0 aromatic heterocycles. The third-order valence-corrected chi connectivity index (χ3v) is 1.71. The van der Waals surface area contributed by atoms with E-state index in [4.69, 9.17) is 0 Å². The third kappa shape index (κ3) is 4.39. The van der Waals surface area contributed by atoms with Gasteiger partial charge >= 0.3 is 0 Å². The summed E-state index contributed by atoms with van der Waals surface area (Å²) in [5.41, 5.74) is 0. The quantitative estimate of drug-likeness (QED) is 0.385. The van der Waals surface area contributed by atoms with E-state index in [0.29, 0.717) is 9.76 Å². The molecule has 0 spiro atoms. The molecule has 0 unspecified atom stereocenters. The molecule has 0 saturated heterocycles. The van der Waals surface area contributed by atoms with Gasteiger partial charge in [0.1, 0.15) is 0 Å². The molecule has 0 aromatic rings. The van der Waals surface area contributed by atoms with Gasteiger partial charge in [-0.05, 0) is 6.04 Å². The van der Waals surface area contributed by atoms with Crippen molar-refractivity contribution in [2.24, 2.45) is 0 Å². The van der Waals surface area contributed by atoms with Crippen LogP contribution >= 0.6 is 0 Å². The van der Waals surface area contributed by atoms with Gasteiger partial charge in [0.25, 0.3) is 0 Å². The van der Waals surface area contributed by atoms with Crippen LogP contribution < -0.4 is 0 Å². The second-order valence-electron chi connectivity index (χ2n) is 0.996. The van der Waals surface area contributed by atoms with Gasteiger partial charge in [0.05, 0.1) is 0 Å². The normalized spacial score (nSPS) is 9.00. The van der Waals surface area contributed by atoms with E-state index in [9.17, 15) is 0 Å². The molecule has 0 heterocycles. The summed E-state index contributed by atoms with van der Waals surface area (Å²) in [5, 5.41) is 0. The Balaban J connectivity index is 2.34. The minimum absolute atomic E-state index is 0.628. The maximum atomic E-state index is 4.62. The molecule has 6 heavy (non-hydrogen) atoms. The largest absolute Gasteiger partial charge is 0.458 e. The second kappa shape index (κ2) is 5.39. The molecule has 0 N–H and O–H groups in total. The van der Waals surface area contributed by atoms with Crippen LogP contribution in [0, 0.1) is 0 Å². The fraction of sp³-hybridized carbons (Fsp3) is 1.00. The topological polar surface area (TPSA) is 9.23 Å². The molecule has 33 valence electrons. The zero-order valence-corrected chi connectivity index (χ0v) is 5.82. The zero-order chi connectivity index (χ0) is 4.83. The lowest BCUT2D eigenvalue weighted by molar-refractivity contribution is 0.657. The van der Waals surface area contributed by atoms with Gasteiger partial charge in [0.2, 0.25) is 20.2 Å². The Morgan fingerprint density at radius 1 is 1.83 bits per heavy atom. The summed E-state index contributed by atoms with van der Waals surface area (Å²) < 4.78 is 4.62. The summed E-state index contributed by atoms with van der Waals surface area (Å²) in [6.07, 6.45) is 1.21. The highest BCUT2D eigenvalue weighted by molar-refractivity contribution is 6.34. The standard InChI is InChI=1S/C3H7OSi2/c1-2-3-6-4-5/h2-3H2,1H3. The molecule has 0 fully saturated rings. The van der Waals surface area contributed by atoms with Crippen molar-refractivity contribution >= 4 is 20.2 Å². The Morgan fingerprint density at radius 2 is 2.50 bits per heavy atom. The Morgan fingerprint density at radius 3 is 2.67 bits per heavy atom. The average molecular weight is 115 g/mol. The summed E-state index contributed by atoms with van der Waals surface area (Å²) in [6.45, 7) is 2.14. The van der Waals surface area contributed by atoms with Crippen molar-refractivity contribution in [2.45, 2.75) is 19.4 Å². The van der Waals surface area contributed by atoms with Gasteiger partial charge in [-0.1, -0.05) is 13.3 Å². The van der Waals surface area contributed by atoms with Crippen LogP contribution in [-0.2, 0) is 4.12 Å². The minimum Gasteiger partial charge on any atom is -0.458 e. The third-order valence-electron chi connectivity index (χ3n) is 0.424. The number of hydrogen-bond acceptors (Lipinski definition) is 1. The molecule has 3 heteroatoms. The summed E-state index contributed by atoms with van der Waals surface area (Å²) in [6, 6.07) is 1.17. The Hall–Kier alpha value is 0.394. The monoisotopic (exact) mass is 115 g/mol. The van der Waals surface area contributed by atoms with E-state index in [-0.39, 0.29) is 0 Å². The van der Waals surface area contributed by atoms with E-state index in [1.807, 2.05) is 0 Å². The van der Waals surface area contributed by atoms with E-state index >= 15 is 0 Å². The lowest BCUT2D eigenvalue weighted by atomic mass is 10.6. The fourth-order valence-corrected chi connectivity index (χ4v) is 0.765. The summed E-state index contributed by atoms with van der Waals surface area (Å²) in [7, 11) is 3.53. The van der Waals surface area contributed by atoms with E-state index in [1.165, 1.54) is 12.5 Å². The molecule has 1 nitrogen and oxygen atoms in total. The van der Waals surface area contributed by atoms with Crippen molar-refractivity contribution in [1.29, 1.82) is 0 Å². The molecular weight excluding hydrogens is 108 g/mol. The van der Waals surface area contributed by atoms with Gasteiger partial charge in [0.15, 0.2) is 0 Å². The van der Waals surface area contributed by atoms with Crippen LogP contribution in [0.5, 0.6) is 0 Å². The van der Waals surface area contributed by atoms with Crippen molar-refractivity contribution in [3.05, 3.63) is 0 Å².